The quantitative estimate of drug-likeness (QED) is 0.882. The van der Waals surface area contributed by atoms with E-state index in [1.165, 1.54) is 16.9 Å². The van der Waals surface area contributed by atoms with Crippen LogP contribution in [-0.4, -0.2) is 27.7 Å². The first kappa shape index (κ1) is 13.2. The molecular formula is C10H11F3N2O2S. The number of sulfonamides is 1. The summed E-state index contributed by atoms with van der Waals surface area (Å²) in [6.07, 6.45) is -3.90. The Bertz CT molecular complexity index is 555. The van der Waals surface area contributed by atoms with E-state index < -0.39 is 22.7 Å². The third-order valence-corrected chi connectivity index (χ3v) is 3.96. The highest BCUT2D eigenvalue weighted by molar-refractivity contribution is 7.89. The van der Waals surface area contributed by atoms with E-state index in [9.17, 15) is 21.6 Å². The van der Waals surface area contributed by atoms with Crippen LogP contribution in [0.15, 0.2) is 23.1 Å². The number of anilines is 1. The predicted molar refractivity (Wildman–Crippen MR) is 59.9 cm³/mol. The maximum atomic E-state index is 12.0. The number of fused-ring (bicyclic) bond motifs is 1. The van der Waals surface area contributed by atoms with Gasteiger partial charge in [-0.2, -0.15) is 13.2 Å². The van der Waals surface area contributed by atoms with E-state index in [-0.39, 0.29) is 4.90 Å². The van der Waals surface area contributed by atoms with E-state index >= 15 is 0 Å². The van der Waals surface area contributed by atoms with Crippen LogP contribution in [0.3, 0.4) is 0 Å². The molecule has 1 aliphatic rings. The van der Waals surface area contributed by atoms with Crippen molar-refractivity contribution in [2.45, 2.75) is 17.5 Å². The van der Waals surface area contributed by atoms with Gasteiger partial charge in [0.15, 0.2) is 0 Å². The number of rotatable bonds is 3. The average Bonchev–Trinajstić information content (AvgIpc) is 2.72. The smallest absolute Gasteiger partial charge is 0.384 e. The van der Waals surface area contributed by atoms with Gasteiger partial charge in [0.2, 0.25) is 10.0 Å². The number of nitrogens with one attached hydrogen (secondary N) is 2. The van der Waals surface area contributed by atoms with Crippen LogP contribution in [0, 0.1) is 0 Å². The fourth-order valence-electron chi connectivity index (χ4n) is 1.71. The molecule has 0 radical (unpaired) electrons. The lowest BCUT2D eigenvalue weighted by molar-refractivity contribution is -0.121. The summed E-state index contributed by atoms with van der Waals surface area (Å²) in [5.74, 6) is 0. The van der Waals surface area contributed by atoms with Gasteiger partial charge in [0.1, 0.15) is 6.54 Å². The minimum atomic E-state index is -4.56. The van der Waals surface area contributed by atoms with Crippen LogP contribution in [0.1, 0.15) is 5.56 Å². The van der Waals surface area contributed by atoms with Crippen molar-refractivity contribution < 1.29 is 21.6 Å². The lowest BCUT2D eigenvalue weighted by Crippen LogP contribution is -2.33. The van der Waals surface area contributed by atoms with Crippen molar-refractivity contribution in [2.24, 2.45) is 0 Å². The molecule has 1 aromatic rings. The van der Waals surface area contributed by atoms with Crippen LogP contribution in [0.25, 0.3) is 0 Å². The lowest BCUT2D eigenvalue weighted by atomic mass is 10.2. The minimum Gasteiger partial charge on any atom is -0.384 e. The fraction of sp³-hybridized carbons (Fsp3) is 0.400. The fourth-order valence-corrected chi connectivity index (χ4v) is 2.77. The monoisotopic (exact) mass is 280 g/mol. The molecule has 0 fully saturated rings. The molecule has 4 nitrogen and oxygen atoms in total. The average molecular weight is 280 g/mol. The highest BCUT2D eigenvalue weighted by Gasteiger charge is 2.30. The molecule has 0 amide bonds. The first-order valence-electron chi connectivity index (χ1n) is 5.21. The van der Waals surface area contributed by atoms with E-state index in [0.717, 1.165) is 11.3 Å². The first-order valence-corrected chi connectivity index (χ1v) is 6.69. The summed E-state index contributed by atoms with van der Waals surface area (Å²) in [5, 5.41) is 3.04. The Morgan fingerprint density at radius 1 is 1.33 bits per heavy atom. The van der Waals surface area contributed by atoms with Crippen LogP contribution in [0.2, 0.25) is 0 Å². The van der Waals surface area contributed by atoms with Crippen LogP contribution in [-0.2, 0) is 16.4 Å². The SMILES string of the molecule is O=S(=O)(NCC(F)(F)F)c1ccc2c(c1)CCN2. The van der Waals surface area contributed by atoms with Gasteiger partial charge in [0.25, 0.3) is 0 Å². The molecule has 1 aromatic carbocycles. The predicted octanol–water partition coefficient (Wildman–Crippen LogP) is 1.50. The topological polar surface area (TPSA) is 58.2 Å². The Morgan fingerprint density at radius 2 is 2.06 bits per heavy atom. The molecular weight excluding hydrogens is 269 g/mol. The van der Waals surface area contributed by atoms with Gasteiger partial charge in [0.05, 0.1) is 4.90 Å². The second-order valence-electron chi connectivity index (χ2n) is 3.94. The standard InChI is InChI=1S/C10H11F3N2O2S/c11-10(12,13)6-15-18(16,17)8-1-2-9-7(5-8)3-4-14-9/h1-2,5,14-15H,3-4,6H2. The van der Waals surface area contributed by atoms with Crippen LogP contribution < -0.4 is 10.0 Å². The van der Waals surface area contributed by atoms with Crippen LogP contribution in [0.5, 0.6) is 0 Å². The normalized spacial score (nSPS) is 15.3. The number of hydrogen-bond acceptors (Lipinski definition) is 3. The largest absolute Gasteiger partial charge is 0.402 e. The molecule has 0 saturated carbocycles. The van der Waals surface area contributed by atoms with Gasteiger partial charge in [-0.05, 0) is 30.2 Å². The Morgan fingerprint density at radius 3 is 2.72 bits per heavy atom. The summed E-state index contributed by atoms with van der Waals surface area (Å²) in [7, 11) is -4.11. The molecule has 1 heterocycles. The van der Waals surface area contributed by atoms with Crippen LogP contribution in [0.4, 0.5) is 18.9 Å². The zero-order valence-electron chi connectivity index (χ0n) is 9.21. The molecule has 8 heteroatoms. The first-order chi connectivity index (χ1) is 8.28. The van der Waals surface area contributed by atoms with Crippen molar-refractivity contribution in [3.05, 3.63) is 23.8 Å². The van der Waals surface area contributed by atoms with Crippen molar-refractivity contribution in [2.75, 3.05) is 18.4 Å². The lowest BCUT2D eigenvalue weighted by Gasteiger charge is -2.10. The highest BCUT2D eigenvalue weighted by Crippen LogP contribution is 2.25. The van der Waals surface area contributed by atoms with E-state index in [4.69, 9.17) is 0 Å². The van der Waals surface area contributed by atoms with E-state index in [2.05, 4.69) is 5.32 Å². The van der Waals surface area contributed by atoms with Gasteiger partial charge in [0, 0.05) is 12.2 Å². The molecule has 2 rings (SSSR count). The number of hydrogen-bond donors (Lipinski definition) is 2. The van der Waals surface area contributed by atoms with E-state index in [0.29, 0.717) is 13.0 Å². The van der Waals surface area contributed by atoms with Gasteiger partial charge in [-0.1, -0.05) is 0 Å². The molecule has 0 atom stereocenters. The third-order valence-electron chi connectivity index (χ3n) is 2.56. The Labute approximate surface area is 102 Å². The maximum absolute atomic E-state index is 12.0. The molecule has 18 heavy (non-hydrogen) atoms. The van der Waals surface area contributed by atoms with Crippen molar-refractivity contribution in [1.29, 1.82) is 0 Å². The van der Waals surface area contributed by atoms with E-state index in [1.54, 1.807) is 6.07 Å². The molecule has 0 unspecified atom stereocenters. The van der Waals surface area contributed by atoms with Gasteiger partial charge >= 0.3 is 6.18 Å². The maximum Gasteiger partial charge on any atom is 0.402 e. The number of benzene rings is 1. The Kier molecular flexibility index (Phi) is 3.24. The molecule has 0 spiro atoms. The highest BCUT2D eigenvalue weighted by atomic mass is 32.2. The second-order valence-corrected chi connectivity index (χ2v) is 5.70. The summed E-state index contributed by atoms with van der Waals surface area (Å²) in [4.78, 5) is -0.144. The van der Waals surface area contributed by atoms with Crippen LogP contribution >= 0.6 is 0 Å². The summed E-state index contributed by atoms with van der Waals surface area (Å²) in [5.41, 5.74) is 1.62. The van der Waals surface area contributed by atoms with Gasteiger partial charge in [-0.25, -0.2) is 13.1 Å². The Balaban J connectivity index is 2.20. The van der Waals surface area contributed by atoms with Crippen molar-refractivity contribution >= 4 is 15.7 Å². The number of halogens is 3. The van der Waals surface area contributed by atoms with Gasteiger partial charge < -0.3 is 5.32 Å². The summed E-state index contributed by atoms with van der Waals surface area (Å²) >= 11 is 0. The molecule has 0 saturated heterocycles. The third kappa shape index (κ3) is 2.94. The molecule has 100 valence electrons. The second kappa shape index (κ2) is 4.43. The summed E-state index contributed by atoms with van der Waals surface area (Å²) < 4.78 is 60.8. The molecule has 1 aliphatic heterocycles. The van der Waals surface area contributed by atoms with Gasteiger partial charge in [-0.15, -0.1) is 0 Å². The molecule has 0 aromatic heterocycles. The Hall–Kier alpha value is -1.28. The molecule has 0 bridgehead atoms. The summed E-state index contributed by atoms with van der Waals surface area (Å²) in [6.45, 7) is -0.862. The zero-order chi connectivity index (χ0) is 13.4. The van der Waals surface area contributed by atoms with Crippen molar-refractivity contribution in [1.82, 2.24) is 4.72 Å². The van der Waals surface area contributed by atoms with Crippen molar-refractivity contribution in [3.8, 4) is 0 Å². The zero-order valence-corrected chi connectivity index (χ0v) is 10.0. The minimum absolute atomic E-state index is 0.144. The van der Waals surface area contributed by atoms with E-state index in [1.807, 2.05) is 0 Å². The van der Waals surface area contributed by atoms with Gasteiger partial charge in [-0.3, -0.25) is 0 Å². The van der Waals surface area contributed by atoms with Crippen molar-refractivity contribution in [3.63, 3.8) is 0 Å². The summed E-state index contributed by atoms with van der Waals surface area (Å²) in [6, 6.07) is 4.24. The molecule has 2 N–H and O–H groups in total. The number of alkyl halides is 3. The molecule has 0 aliphatic carbocycles.